The number of aromatic amines is 1. The van der Waals surface area contributed by atoms with E-state index in [2.05, 4.69) is 10.3 Å². The minimum atomic E-state index is -0.957. The Bertz CT molecular complexity index is 609. The number of aromatic nitrogens is 1. The van der Waals surface area contributed by atoms with Gasteiger partial charge in [-0.1, -0.05) is 6.07 Å². The zero-order chi connectivity index (χ0) is 13.8. The van der Waals surface area contributed by atoms with Crippen molar-refractivity contribution >= 4 is 10.9 Å². The number of H-pyrrole nitrogens is 1. The third-order valence-corrected chi connectivity index (χ3v) is 3.18. The van der Waals surface area contributed by atoms with E-state index in [1.54, 1.807) is 31.4 Å². The Kier molecular flexibility index (Phi) is 4.31. The summed E-state index contributed by atoms with van der Waals surface area (Å²) in [7, 11) is 1.79. The third-order valence-electron chi connectivity index (χ3n) is 3.18. The van der Waals surface area contributed by atoms with Gasteiger partial charge < -0.3 is 20.5 Å². The molecule has 0 saturated carbocycles. The molecule has 5 nitrogen and oxygen atoms in total. The van der Waals surface area contributed by atoms with Gasteiger partial charge in [-0.25, -0.2) is 0 Å². The lowest BCUT2D eigenvalue weighted by atomic mass is 10.0. The number of rotatable bonds is 5. The standard InChI is InChI=1S/C14H18N2O3/c1-15-6-4-13(18)14(19)9-2-3-10-11(8-9)16-7-5-12(10)17/h2-3,5,7-8,13-15,18-19H,4,6H2,1H3,(H,16,17). The molecule has 0 aliphatic carbocycles. The number of aliphatic hydroxyl groups excluding tert-OH is 2. The molecule has 1 aromatic heterocycles. The topological polar surface area (TPSA) is 85.3 Å². The molecule has 0 radical (unpaired) electrons. The summed E-state index contributed by atoms with van der Waals surface area (Å²) in [6, 6.07) is 6.49. The van der Waals surface area contributed by atoms with Crippen LogP contribution in [0.2, 0.25) is 0 Å². The molecule has 2 unspecified atom stereocenters. The molecular formula is C14H18N2O3. The van der Waals surface area contributed by atoms with E-state index < -0.39 is 12.2 Å². The lowest BCUT2D eigenvalue weighted by molar-refractivity contribution is 0.0141. The first-order chi connectivity index (χ1) is 9.13. The smallest absolute Gasteiger partial charge is 0.189 e. The van der Waals surface area contributed by atoms with E-state index in [0.717, 1.165) is 0 Å². The first-order valence-electron chi connectivity index (χ1n) is 6.25. The van der Waals surface area contributed by atoms with Crippen LogP contribution >= 0.6 is 0 Å². The maximum Gasteiger partial charge on any atom is 0.189 e. The first-order valence-corrected chi connectivity index (χ1v) is 6.25. The first kappa shape index (κ1) is 13.7. The Labute approximate surface area is 110 Å². The molecule has 0 spiro atoms. The minimum absolute atomic E-state index is 0.0643. The van der Waals surface area contributed by atoms with E-state index in [1.807, 2.05) is 0 Å². The van der Waals surface area contributed by atoms with Crippen molar-refractivity contribution < 1.29 is 10.2 Å². The monoisotopic (exact) mass is 262 g/mol. The minimum Gasteiger partial charge on any atom is -0.390 e. The molecule has 0 aliphatic heterocycles. The summed E-state index contributed by atoms with van der Waals surface area (Å²) >= 11 is 0. The SMILES string of the molecule is CNCCC(O)C(O)c1ccc2c(=O)cc[nH]c2c1. The molecule has 5 heteroatoms. The molecule has 19 heavy (non-hydrogen) atoms. The molecule has 0 bridgehead atoms. The second-order valence-corrected chi connectivity index (χ2v) is 4.55. The zero-order valence-electron chi connectivity index (χ0n) is 10.8. The highest BCUT2D eigenvalue weighted by Gasteiger charge is 2.18. The quantitative estimate of drug-likeness (QED) is 0.633. The molecule has 0 saturated heterocycles. The van der Waals surface area contributed by atoms with Crippen molar-refractivity contribution in [3.05, 3.63) is 46.2 Å². The Balaban J connectivity index is 2.28. The van der Waals surface area contributed by atoms with E-state index in [0.29, 0.717) is 29.4 Å². The van der Waals surface area contributed by atoms with Gasteiger partial charge in [0.2, 0.25) is 0 Å². The molecule has 2 atom stereocenters. The van der Waals surface area contributed by atoms with Gasteiger partial charge in [0.05, 0.1) is 6.10 Å². The fourth-order valence-electron chi connectivity index (χ4n) is 2.05. The Morgan fingerprint density at radius 3 is 2.84 bits per heavy atom. The number of hydrogen-bond donors (Lipinski definition) is 4. The van der Waals surface area contributed by atoms with Gasteiger partial charge in [0.1, 0.15) is 6.10 Å². The number of hydrogen-bond acceptors (Lipinski definition) is 4. The maximum atomic E-state index is 11.6. The Morgan fingerprint density at radius 2 is 2.11 bits per heavy atom. The summed E-state index contributed by atoms with van der Waals surface area (Å²) < 4.78 is 0. The molecule has 4 N–H and O–H groups in total. The predicted molar refractivity (Wildman–Crippen MR) is 74.1 cm³/mol. The summed E-state index contributed by atoms with van der Waals surface area (Å²) in [6.07, 6.45) is 0.237. The highest BCUT2D eigenvalue weighted by molar-refractivity contribution is 5.78. The van der Waals surface area contributed by atoms with Crippen LogP contribution in [0.25, 0.3) is 10.9 Å². The summed E-state index contributed by atoms with van der Waals surface area (Å²) in [5.74, 6) is 0. The molecule has 0 fully saturated rings. The van der Waals surface area contributed by atoms with Gasteiger partial charge in [-0.15, -0.1) is 0 Å². The number of nitrogens with one attached hydrogen (secondary N) is 2. The number of aliphatic hydroxyl groups is 2. The summed E-state index contributed by atoms with van der Waals surface area (Å²) in [6.45, 7) is 0.628. The summed E-state index contributed by atoms with van der Waals surface area (Å²) in [5, 5.41) is 23.4. The van der Waals surface area contributed by atoms with Gasteiger partial charge in [0, 0.05) is 23.2 Å². The molecule has 2 rings (SSSR count). The highest BCUT2D eigenvalue weighted by Crippen LogP contribution is 2.21. The van der Waals surface area contributed by atoms with Gasteiger partial charge in [0.25, 0.3) is 0 Å². The van der Waals surface area contributed by atoms with Crippen molar-refractivity contribution in [2.24, 2.45) is 0 Å². The van der Waals surface area contributed by atoms with E-state index >= 15 is 0 Å². The van der Waals surface area contributed by atoms with Gasteiger partial charge in [-0.2, -0.15) is 0 Å². The molecule has 0 amide bonds. The second kappa shape index (κ2) is 5.97. The number of benzene rings is 1. The van der Waals surface area contributed by atoms with E-state index in [4.69, 9.17) is 0 Å². The fraction of sp³-hybridized carbons (Fsp3) is 0.357. The van der Waals surface area contributed by atoms with Crippen molar-refractivity contribution in [1.29, 1.82) is 0 Å². The van der Waals surface area contributed by atoms with Crippen LogP contribution in [0.5, 0.6) is 0 Å². The van der Waals surface area contributed by atoms with E-state index in [1.165, 1.54) is 6.07 Å². The average molecular weight is 262 g/mol. The largest absolute Gasteiger partial charge is 0.390 e. The van der Waals surface area contributed by atoms with Crippen molar-refractivity contribution in [2.75, 3.05) is 13.6 Å². The zero-order valence-corrected chi connectivity index (χ0v) is 10.8. The number of pyridine rings is 1. The maximum absolute atomic E-state index is 11.6. The lowest BCUT2D eigenvalue weighted by Crippen LogP contribution is -2.23. The van der Waals surface area contributed by atoms with Crippen molar-refractivity contribution in [3.63, 3.8) is 0 Å². The molecule has 1 heterocycles. The number of fused-ring (bicyclic) bond motifs is 1. The third kappa shape index (κ3) is 3.01. The molecule has 1 aromatic carbocycles. The van der Waals surface area contributed by atoms with Crippen LogP contribution < -0.4 is 10.7 Å². The van der Waals surface area contributed by atoms with Crippen LogP contribution in [0.1, 0.15) is 18.1 Å². The van der Waals surface area contributed by atoms with Crippen molar-refractivity contribution in [1.82, 2.24) is 10.3 Å². The normalized spacial score (nSPS) is 14.5. The molecule has 0 aliphatic rings. The fourth-order valence-corrected chi connectivity index (χ4v) is 2.05. The summed E-state index contributed by atoms with van der Waals surface area (Å²) in [5.41, 5.74) is 1.19. The van der Waals surface area contributed by atoms with E-state index in [-0.39, 0.29) is 5.43 Å². The Morgan fingerprint density at radius 1 is 1.32 bits per heavy atom. The van der Waals surface area contributed by atoms with E-state index in [9.17, 15) is 15.0 Å². The lowest BCUT2D eigenvalue weighted by Gasteiger charge is -2.18. The van der Waals surface area contributed by atoms with Crippen LogP contribution in [0, 0.1) is 0 Å². The molecule has 2 aromatic rings. The van der Waals surface area contributed by atoms with Crippen molar-refractivity contribution in [2.45, 2.75) is 18.6 Å². The van der Waals surface area contributed by atoms with Crippen LogP contribution in [-0.4, -0.2) is 34.9 Å². The second-order valence-electron chi connectivity index (χ2n) is 4.55. The molecule has 102 valence electrons. The van der Waals surface area contributed by atoms with Crippen LogP contribution in [0.4, 0.5) is 0 Å². The van der Waals surface area contributed by atoms with Crippen molar-refractivity contribution in [3.8, 4) is 0 Å². The van der Waals surface area contributed by atoms with Gasteiger partial charge in [-0.05, 0) is 37.7 Å². The van der Waals surface area contributed by atoms with Gasteiger partial charge in [0.15, 0.2) is 5.43 Å². The molecular weight excluding hydrogens is 244 g/mol. The van der Waals surface area contributed by atoms with Crippen LogP contribution in [-0.2, 0) is 0 Å². The van der Waals surface area contributed by atoms with Crippen LogP contribution in [0.15, 0.2) is 35.3 Å². The van der Waals surface area contributed by atoms with Crippen LogP contribution in [0.3, 0.4) is 0 Å². The highest BCUT2D eigenvalue weighted by atomic mass is 16.3. The Hall–Kier alpha value is -1.69. The predicted octanol–water partition coefficient (Wildman–Crippen LogP) is 0.532. The average Bonchev–Trinajstić information content (AvgIpc) is 2.43. The van der Waals surface area contributed by atoms with Gasteiger partial charge >= 0.3 is 0 Å². The summed E-state index contributed by atoms with van der Waals surface area (Å²) in [4.78, 5) is 14.6. The van der Waals surface area contributed by atoms with Gasteiger partial charge in [-0.3, -0.25) is 4.79 Å².